The first kappa shape index (κ1) is 21.4. The Morgan fingerprint density at radius 3 is 2.55 bits per heavy atom. The molecule has 0 aliphatic carbocycles. The highest BCUT2D eigenvalue weighted by Gasteiger charge is 2.30. The molecule has 2 aliphatic rings. The zero-order chi connectivity index (χ0) is 20.5. The molecule has 2 aliphatic heterocycles. The van der Waals surface area contributed by atoms with Gasteiger partial charge in [0.15, 0.2) is 5.96 Å². The summed E-state index contributed by atoms with van der Waals surface area (Å²) in [6.07, 6.45) is 3.86. The largest absolute Gasteiger partial charge is 0.375 e. The smallest absolute Gasteiger partial charge is 0.251 e. The Hall–Kier alpha value is -2.28. The minimum Gasteiger partial charge on any atom is -0.375 e. The van der Waals surface area contributed by atoms with Crippen LogP contribution in [0.2, 0.25) is 0 Å². The second-order valence-electron chi connectivity index (χ2n) is 7.75. The Balaban J connectivity index is 1.33. The first-order valence-electron chi connectivity index (χ1n) is 10.8. The van der Waals surface area contributed by atoms with E-state index < -0.39 is 0 Å². The molecule has 2 fully saturated rings. The van der Waals surface area contributed by atoms with Gasteiger partial charge < -0.3 is 24.8 Å². The zero-order valence-electron chi connectivity index (χ0n) is 17.8. The molecule has 160 valence electrons. The molecular formula is C22H35N5O2. The summed E-state index contributed by atoms with van der Waals surface area (Å²) < 4.78 is 5.54. The molecule has 0 bridgehead atoms. The maximum absolute atomic E-state index is 12.5. The van der Waals surface area contributed by atoms with Crippen molar-refractivity contribution < 1.29 is 9.53 Å². The van der Waals surface area contributed by atoms with Gasteiger partial charge in [0.2, 0.25) is 0 Å². The third-order valence-corrected chi connectivity index (χ3v) is 5.71. The van der Waals surface area contributed by atoms with Crippen LogP contribution in [-0.4, -0.2) is 87.7 Å². The monoisotopic (exact) mass is 401 g/mol. The van der Waals surface area contributed by atoms with Crippen LogP contribution in [0.1, 0.15) is 25.7 Å². The van der Waals surface area contributed by atoms with Crippen LogP contribution in [0.3, 0.4) is 0 Å². The quantitative estimate of drug-likeness (QED) is 0.429. The lowest BCUT2D eigenvalue weighted by atomic mass is 10.2. The van der Waals surface area contributed by atoms with Gasteiger partial charge in [-0.15, -0.1) is 0 Å². The molecular weight excluding hydrogens is 366 g/mol. The van der Waals surface area contributed by atoms with Crippen molar-refractivity contribution >= 4 is 17.6 Å². The number of para-hydroxylation sites is 1. The van der Waals surface area contributed by atoms with Crippen molar-refractivity contribution in [3.05, 3.63) is 30.3 Å². The second kappa shape index (κ2) is 11.0. The van der Waals surface area contributed by atoms with Crippen molar-refractivity contribution in [2.45, 2.75) is 31.8 Å². The predicted molar refractivity (Wildman–Crippen MR) is 117 cm³/mol. The van der Waals surface area contributed by atoms with Gasteiger partial charge >= 0.3 is 0 Å². The van der Waals surface area contributed by atoms with Crippen LogP contribution >= 0.6 is 0 Å². The van der Waals surface area contributed by atoms with Gasteiger partial charge in [-0.2, -0.15) is 0 Å². The van der Waals surface area contributed by atoms with E-state index in [9.17, 15) is 4.79 Å². The lowest BCUT2D eigenvalue weighted by Crippen LogP contribution is -2.55. The van der Waals surface area contributed by atoms with Gasteiger partial charge in [-0.1, -0.05) is 18.2 Å². The van der Waals surface area contributed by atoms with Crippen molar-refractivity contribution in [3.63, 3.8) is 0 Å². The zero-order valence-corrected chi connectivity index (χ0v) is 17.8. The van der Waals surface area contributed by atoms with Crippen molar-refractivity contribution in [2.75, 3.05) is 64.9 Å². The third-order valence-electron chi connectivity index (χ3n) is 5.71. The third kappa shape index (κ3) is 6.10. The fourth-order valence-corrected chi connectivity index (χ4v) is 3.93. The Labute approximate surface area is 174 Å². The number of ether oxygens (including phenoxy) is 1. The molecule has 3 rings (SSSR count). The van der Waals surface area contributed by atoms with Crippen molar-refractivity contribution in [2.24, 2.45) is 4.99 Å². The summed E-state index contributed by atoms with van der Waals surface area (Å²) in [5.74, 6) is 1.10. The average Bonchev–Trinajstić information content (AvgIpc) is 3.31. The number of nitrogens with zero attached hydrogens (tertiary/aromatic N) is 4. The number of carbonyl (C=O) groups is 1. The van der Waals surface area contributed by atoms with E-state index in [2.05, 4.69) is 51.4 Å². The second-order valence-corrected chi connectivity index (χ2v) is 7.75. The number of benzene rings is 1. The molecule has 0 aromatic heterocycles. The number of hydrogen-bond acceptors (Lipinski definition) is 4. The van der Waals surface area contributed by atoms with Crippen LogP contribution in [0, 0.1) is 0 Å². The van der Waals surface area contributed by atoms with E-state index in [0.29, 0.717) is 6.61 Å². The lowest BCUT2D eigenvalue weighted by molar-refractivity contribution is -0.142. The number of nitrogens with one attached hydrogen (secondary N) is 1. The van der Waals surface area contributed by atoms with E-state index >= 15 is 0 Å². The van der Waals surface area contributed by atoms with Crippen molar-refractivity contribution in [1.82, 2.24) is 15.1 Å². The van der Waals surface area contributed by atoms with Crippen LogP contribution in [0.5, 0.6) is 0 Å². The Morgan fingerprint density at radius 2 is 1.90 bits per heavy atom. The molecule has 1 aromatic rings. The molecule has 0 radical (unpaired) electrons. The lowest BCUT2D eigenvalue weighted by Gasteiger charge is -2.37. The molecule has 1 amide bonds. The van der Waals surface area contributed by atoms with E-state index in [1.165, 1.54) is 5.69 Å². The number of rotatable bonds is 7. The summed E-state index contributed by atoms with van der Waals surface area (Å²) in [5, 5.41) is 3.48. The first-order valence-corrected chi connectivity index (χ1v) is 10.8. The highest BCUT2D eigenvalue weighted by molar-refractivity contribution is 5.82. The molecule has 7 heteroatoms. The van der Waals surface area contributed by atoms with Gasteiger partial charge in [0, 0.05) is 65.7 Å². The predicted octanol–water partition coefficient (Wildman–Crippen LogP) is 1.80. The number of aliphatic imine (C=N–C) groups is 1. The first-order chi connectivity index (χ1) is 14.2. The van der Waals surface area contributed by atoms with Gasteiger partial charge in [0.1, 0.15) is 6.10 Å². The topological polar surface area (TPSA) is 60.4 Å². The maximum Gasteiger partial charge on any atom is 0.251 e. The Kier molecular flexibility index (Phi) is 8.16. The van der Waals surface area contributed by atoms with Gasteiger partial charge in [-0.3, -0.25) is 9.79 Å². The van der Waals surface area contributed by atoms with Gasteiger partial charge in [-0.25, -0.2) is 0 Å². The highest BCUT2D eigenvalue weighted by Crippen LogP contribution is 2.16. The fraction of sp³-hybridized carbons (Fsp3) is 0.636. The van der Waals surface area contributed by atoms with Crippen LogP contribution in [0.4, 0.5) is 5.69 Å². The number of guanidine groups is 1. The molecule has 1 atom stereocenters. The molecule has 7 nitrogen and oxygen atoms in total. The minimum atomic E-state index is -0.215. The number of anilines is 1. The number of unbranched alkanes of at least 4 members (excludes halogenated alkanes) is 1. The number of carbonyl (C=O) groups excluding carboxylic acids is 1. The van der Waals surface area contributed by atoms with E-state index in [4.69, 9.17) is 4.74 Å². The van der Waals surface area contributed by atoms with Gasteiger partial charge in [0.05, 0.1) is 0 Å². The summed E-state index contributed by atoms with van der Waals surface area (Å²) in [6.45, 7) is 5.76. The van der Waals surface area contributed by atoms with Crippen molar-refractivity contribution in [1.29, 1.82) is 0 Å². The summed E-state index contributed by atoms with van der Waals surface area (Å²) in [7, 11) is 3.97. The summed E-state index contributed by atoms with van der Waals surface area (Å²) in [4.78, 5) is 23.4. The van der Waals surface area contributed by atoms with E-state index in [-0.39, 0.29) is 12.0 Å². The van der Waals surface area contributed by atoms with Crippen molar-refractivity contribution in [3.8, 4) is 0 Å². The minimum absolute atomic E-state index is 0.160. The highest BCUT2D eigenvalue weighted by atomic mass is 16.5. The SMILES string of the molecule is CN=C(NCCCCN(C)c1ccccc1)N1CCN(C(=O)C2CCCO2)CC1. The maximum atomic E-state index is 12.5. The van der Waals surface area contributed by atoms with E-state index in [1.807, 2.05) is 18.0 Å². The van der Waals surface area contributed by atoms with Crippen LogP contribution < -0.4 is 10.2 Å². The molecule has 2 heterocycles. The standard InChI is InChI=1S/C22H35N5O2/c1-23-22(24-12-6-7-13-25(2)19-9-4-3-5-10-19)27-16-14-26(15-17-27)21(28)20-11-8-18-29-20/h3-5,9-10,20H,6-8,11-18H2,1-2H3,(H,23,24). The molecule has 0 saturated carbocycles. The molecule has 1 aromatic carbocycles. The van der Waals surface area contributed by atoms with Gasteiger partial charge in [0.25, 0.3) is 5.91 Å². The molecule has 2 saturated heterocycles. The van der Waals surface area contributed by atoms with Crippen LogP contribution in [0.25, 0.3) is 0 Å². The van der Waals surface area contributed by atoms with Gasteiger partial charge in [-0.05, 0) is 37.8 Å². The number of hydrogen-bond donors (Lipinski definition) is 1. The Morgan fingerprint density at radius 1 is 1.17 bits per heavy atom. The Bertz CT molecular complexity index is 652. The molecule has 1 unspecified atom stereocenters. The fourth-order valence-electron chi connectivity index (χ4n) is 3.93. The van der Waals surface area contributed by atoms with E-state index in [1.54, 1.807) is 0 Å². The number of amides is 1. The normalized spacial score (nSPS) is 20.1. The summed E-state index contributed by atoms with van der Waals surface area (Å²) in [5.41, 5.74) is 1.26. The van der Waals surface area contributed by atoms with Crippen LogP contribution in [0.15, 0.2) is 35.3 Å². The summed E-state index contributed by atoms with van der Waals surface area (Å²) >= 11 is 0. The van der Waals surface area contributed by atoms with Crippen LogP contribution in [-0.2, 0) is 9.53 Å². The average molecular weight is 402 g/mol. The molecule has 29 heavy (non-hydrogen) atoms. The molecule has 1 N–H and O–H groups in total. The summed E-state index contributed by atoms with van der Waals surface area (Å²) in [6, 6.07) is 10.5. The molecule has 0 spiro atoms. The van der Waals surface area contributed by atoms with E-state index in [0.717, 1.165) is 70.9 Å². The number of piperazine rings is 1.